The molecule has 0 aromatic carbocycles. The van der Waals surface area contributed by atoms with Gasteiger partial charge >= 0.3 is 5.97 Å². The molecule has 1 heterocycles. The first-order chi connectivity index (χ1) is 9.74. The average molecular weight is 278 g/mol. The summed E-state index contributed by atoms with van der Waals surface area (Å²) in [7, 11) is 0. The molecule has 3 nitrogen and oxygen atoms in total. The van der Waals surface area contributed by atoms with Crippen molar-refractivity contribution in [3.05, 3.63) is 11.6 Å². The summed E-state index contributed by atoms with van der Waals surface area (Å²) < 4.78 is 4.87. The van der Waals surface area contributed by atoms with Gasteiger partial charge < -0.3 is 9.84 Å². The lowest BCUT2D eigenvalue weighted by atomic mass is 10.0. The molecule has 1 atom stereocenters. The highest BCUT2D eigenvalue weighted by Crippen LogP contribution is 2.17. The smallest absolute Gasteiger partial charge is 0.333 e. The maximum atomic E-state index is 11.4. The number of aliphatic hydroxyl groups is 1. The second-order valence-corrected chi connectivity index (χ2v) is 5.40. The Balaban J connectivity index is 1.98. The summed E-state index contributed by atoms with van der Waals surface area (Å²) in [5.74, 6) is 2.40. The van der Waals surface area contributed by atoms with E-state index in [1.165, 1.54) is 32.1 Å². The monoisotopic (exact) mass is 278 g/mol. The van der Waals surface area contributed by atoms with E-state index in [4.69, 9.17) is 11.2 Å². The van der Waals surface area contributed by atoms with Gasteiger partial charge in [-0.2, -0.15) is 0 Å². The van der Waals surface area contributed by atoms with Crippen LogP contribution in [-0.2, 0) is 9.53 Å². The Bertz CT molecular complexity index is 352. The van der Waals surface area contributed by atoms with Crippen LogP contribution in [0.15, 0.2) is 11.6 Å². The van der Waals surface area contributed by atoms with Gasteiger partial charge in [-0.25, -0.2) is 4.79 Å². The normalized spacial score (nSPS) is 20.7. The predicted octanol–water partition coefficient (Wildman–Crippen LogP) is 3.36. The maximum absolute atomic E-state index is 11.4. The number of unbranched alkanes of at least 4 members (excludes halogenated alkanes) is 8. The number of hydrogen-bond donors (Lipinski definition) is 1. The number of carbonyl (C=O) groups is 1. The van der Waals surface area contributed by atoms with E-state index in [2.05, 4.69) is 5.92 Å². The number of terminal acetylenes is 1. The van der Waals surface area contributed by atoms with Gasteiger partial charge in [-0.3, -0.25) is 0 Å². The molecule has 112 valence electrons. The minimum absolute atomic E-state index is 0.135. The van der Waals surface area contributed by atoms with Crippen molar-refractivity contribution in [2.75, 3.05) is 6.61 Å². The zero-order valence-electron chi connectivity index (χ0n) is 12.3. The summed E-state index contributed by atoms with van der Waals surface area (Å²) in [6, 6.07) is 0. The van der Waals surface area contributed by atoms with E-state index in [0.717, 1.165) is 25.7 Å². The van der Waals surface area contributed by atoms with E-state index in [1.807, 2.05) is 6.08 Å². The van der Waals surface area contributed by atoms with Crippen LogP contribution in [0.2, 0.25) is 0 Å². The zero-order chi connectivity index (χ0) is 14.6. The van der Waals surface area contributed by atoms with Gasteiger partial charge in [-0.15, -0.1) is 12.3 Å². The topological polar surface area (TPSA) is 46.5 Å². The molecule has 0 amide bonds. The SMILES string of the molecule is C#CCCCCCCCCCC=C1CC(O)COC1=O. The molecule has 1 aliphatic heterocycles. The Morgan fingerprint density at radius 1 is 1.20 bits per heavy atom. The Hall–Kier alpha value is -1.27. The Morgan fingerprint density at radius 2 is 1.85 bits per heavy atom. The molecule has 0 aromatic rings. The van der Waals surface area contributed by atoms with Crippen molar-refractivity contribution in [2.45, 2.75) is 70.3 Å². The second kappa shape index (κ2) is 10.5. The van der Waals surface area contributed by atoms with Crippen LogP contribution in [0.1, 0.15) is 64.2 Å². The van der Waals surface area contributed by atoms with E-state index in [-0.39, 0.29) is 12.6 Å². The van der Waals surface area contributed by atoms with Crippen LogP contribution in [0.4, 0.5) is 0 Å². The first-order valence-corrected chi connectivity index (χ1v) is 7.71. The summed E-state index contributed by atoms with van der Waals surface area (Å²) >= 11 is 0. The minimum Gasteiger partial charge on any atom is -0.460 e. The number of hydrogen-bond acceptors (Lipinski definition) is 3. The van der Waals surface area contributed by atoms with Gasteiger partial charge in [-0.05, 0) is 19.3 Å². The van der Waals surface area contributed by atoms with E-state index < -0.39 is 6.10 Å². The third-order valence-electron chi connectivity index (χ3n) is 3.54. The molecule has 0 saturated carbocycles. The fourth-order valence-corrected chi connectivity index (χ4v) is 2.36. The van der Waals surface area contributed by atoms with Crippen molar-refractivity contribution in [2.24, 2.45) is 0 Å². The fourth-order valence-electron chi connectivity index (χ4n) is 2.36. The molecular formula is C17H26O3. The Morgan fingerprint density at radius 3 is 2.55 bits per heavy atom. The number of allylic oxidation sites excluding steroid dienone is 1. The highest BCUT2D eigenvalue weighted by atomic mass is 16.5. The quantitative estimate of drug-likeness (QED) is 0.304. The van der Waals surface area contributed by atoms with Crippen molar-refractivity contribution in [3.8, 4) is 12.3 Å². The average Bonchev–Trinajstić information content (AvgIpc) is 2.44. The number of carbonyl (C=O) groups excluding carboxylic acids is 1. The van der Waals surface area contributed by atoms with Gasteiger partial charge in [0.2, 0.25) is 0 Å². The Kier molecular flexibility index (Phi) is 8.82. The number of esters is 1. The highest BCUT2D eigenvalue weighted by molar-refractivity contribution is 5.89. The van der Waals surface area contributed by atoms with Crippen molar-refractivity contribution in [1.29, 1.82) is 0 Å². The van der Waals surface area contributed by atoms with Crippen LogP contribution in [0.3, 0.4) is 0 Å². The van der Waals surface area contributed by atoms with Crippen molar-refractivity contribution in [3.63, 3.8) is 0 Å². The third-order valence-corrected chi connectivity index (χ3v) is 3.54. The van der Waals surface area contributed by atoms with Gasteiger partial charge in [0.25, 0.3) is 0 Å². The van der Waals surface area contributed by atoms with Crippen LogP contribution >= 0.6 is 0 Å². The number of ether oxygens (including phenoxy) is 1. The van der Waals surface area contributed by atoms with Crippen molar-refractivity contribution in [1.82, 2.24) is 0 Å². The molecule has 1 unspecified atom stereocenters. The number of cyclic esters (lactones) is 1. The number of aliphatic hydroxyl groups excluding tert-OH is 1. The van der Waals surface area contributed by atoms with Gasteiger partial charge in [0, 0.05) is 18.4 Å². The standard InChI is InChI=1S/C17H26O3/c1-2-3-4-5-6-7-8-9-10-11-12-15-13-16(18)14-20-17(15)19/h1,12,16,18H,3-11,13-14H2. The van der Waals surface area contributed by atoms with Crippen LogP contribution in [0.25, 0.3) is 0 Å². The lowest BCUT2D eigenvalue weighted by Gasteiger charge is -2.19. The largest absolute Gasteiger partial charge is 0.460 e. The van der Waals surface area contributed by atoms with Crippen LogP contribution in [-0.4, -0.2) is 23.8 Å². The van der Waals surface area contributed by atoms with Crippen molar-refractivity contribution < 1.29 is 14.6 Å². The summed E-state index contributed by atoms with van der Waals surface area (Å²) in [6.45, 7) is 0.135. The molecule has 0 aliphatic carbocycles. The fraction of sp³-hybridized carbons (Fsp3) is 0.706. The molecule has 1 N–H and O–H groups in total. The molecule has 1 rings (SSSR count). The number of rotatable bonds is 9. The van der Waals surface area contributed by atoms with Crippen molar-refractivity contribution >= 4 is 5.97 Å². The molecule has 3 heteroatoms. The molecule has 0 bridgehead atoms. The predicted molar refractivity (Wildman–Crippen MR) is 80.1 cm³/mol. The summed E-state index contributed by atoms with van der Waals surface area (Å²) in [5.41, 5.74) is 0.637. The molecule has 1 aliphatic rings. The lowest BCUT2D eigenvalue weighted by Crippen LogP contribution is -2.27. The minimum atomic E-state index is -0.526. The molecule has 0 spiro atoms. The lowest BCUT2D eigenvalue weighted by molar-refractivity contribution is -0.146. The molecule has 1 saturated heterocycles. The summed E-state index contributed by atoms with van der Waals surface area (Å²) in [5, 5.41) is 9.43. The highest BCUT2D eigenvalue weighted by Gasteiger charge is 2.22. The molecular weight excluding hydrogens is 252 g/mol. The van der Waals surface area contributed by atoms with E-state index >= 15 is 0 Å². The van der Waals surface area contributed by atoms with Gasteiger partial charge in [0.05, 0.1) is 6.10 Å². The first kappa shape index (κ1) is 16.8. The third kappa shape index (κ3) is 7.35. The van der Waals surface area contributed by atoms with E-state index in [0.29, 0.717) is 12.0 Å². The van der Waals surface area contributed by atoms with E-state index in [1.54, 1.807) is 0 Å². The molecule has 1 fully saturated rings. The Labute approximate surface area is 122 Å². The first-order valence-electron chi connectivity index (χ1n) is 7.71. The van der Waals surface area contributed by atoms with Gasteiger partial charge in [-0.1, -0.05) is 38.2 Å². The second-order valence-electron chi connectivity index (χ2n) is 5.40. The zero-order valence-corrected chi connectivity index (χ0v) is 12.3. The molecule has 0 radical (unpaired) electrons. The summed E-state index contributed by atoms with van der Waals surface area (Å²) in [6.07, 6.45) is 17.3. The van der Waals surface area contributed by atoms with Gasteiger partial charge in [0.1, 0.15) is 6.61 Å². The summed E-state index contributed by atoms with van der Waals surface area (Å²) in [4.78, 5) is 11.4. The maximum Gasteiger partial charge on any atom is 0.333 e. The van der Waals surface area contributed by atoms with Crippen LogP contribution in [0, 0.1) is 12.3 Å². The molecule has 0 aromatic heterocycles. The van der Waals surface area contributed by atoms with Crippen LogP contribution < -0.4 is 0 Å². The van der Waals surface area contributed by atoms with Crippen LogP contribution in [0.5, 0.6) is 0 Å². The van der Waals surface area contributed by atoms with Gasteiger partial charge in [0.15, 0.2) is 0 Å². The van der Waals surface area contributed by atoms with E-state index in [9.17, 15) is 9.90 Å². The molecule has 20 heavy (non-hydrogen) atoms.